The Morgan fingerprint density at radius 1 is 1.67 bits per heavy atom. The van der Waals surface area contributed by atoms with E-state index in [4.69, 9.17) is 11.6 Å². The summed E-state index contributed by atoms with van der Waals surface area (Å²) in [4.78, 5) is 19.2. The molecule has 78 valence electrons. The fourth-order valence-corrected chi connectivity index (χ4v) is 1.87. The van der Waals surface area contributed by atoms with Gasteiger partial charge in [0.2, 0.25) is 0 Å². The van der Waals surface area contributed by atoms with Crippen molar-refractivity contribution in [2.45, 2.75) is 0 Å². The first-order valence-electron chi connectivity index (χ1n) is 3.91. The van der Waals surface area contributed by atoms with E-state index in [9.17, 15) is 4.79 Å². The number of nitrogens with zero attached hydrogens (tertiary/aromatic N) is 3. The Bertz CT molecular complexity index is 540. The summed E-state index contributed by atoms with van der Waals surface area (Å²) in [5.41, 5.74) is 0.582. The van der Waals surface area contributed by atoms with Crippen LogP contribution in [0.25, 0.3) is 5.65 Å². The highest BCUT2D eigenvalue weighted by atomic mass is 79.9. The average molecular weight is 291 g/mol. The van der Waals surface area contributed by atoms with Gasteiger partial charge < -0.3 is 4.74 Å². The van der Waals surface area contributed by atoms with E-state index in [1.807, 2.05) is 0 Å². The molecule has 0 spiro atoms. The van der Waals surface area contributed by atoms with Crippen LogP contribution in [-0.2, 0) is 4.74 Å². The van der Waals surface area contributed by atoms with Crippen LogP contribution in [0.4, 0.5) is 0 Å². The van der Waals surface area contributed by atoms with Crippen LogP contribution in [0.2, 0.25) is 5.15 Å². The predicted octanol–water partition coefficient (Wildman–Crippen LogP) is 1.93. The zero-order valence-electron chi connectivity index (χ0n) is 7.57. The molecule has 0 unspecified atom stereocenters. The van der Waals surface area contributed by atoms with Gasteiger partial charge in [0, 0.05) is 12.4 Å². The zero-order chi connectivity index (χ0) is 11.0. The minimum Gasteiger partial charge on any atom is -0.464 e. The molecule has 2 heterocycles. The molecule has 0 aliphatic heterocycles. The van der Waals surface area contributed by atoms with Gasteiger partial charge in [-0.3, -0.25) is 4.40 Å². The Morgan fingerprint density at radius 3 is 3.00 bits per heavy atom. The second kappa shape index (κ2) is 3.79. The Labute approximate surface area is 98.2 Å². The molecule has 0 radical (unpaired) electrons. The van der Waals surface area contributed by atoms with Gasteiger partial charge >= 0.3 is 5.97 Å². The molecular weight excluding hydrogens is 285 g/mol. The van der Waals surface area contributed by atoms with Gasteiger partial charge in [-0.2, -0.15) is 0 Å². The van der Waals surface area contributed by atoms with Crippen molar-refractivity contribution >= 4 is 39.1 Å². The number of carbonyl (C=O) groups excluding carboxylic acids is 1. The second-order valence-corrected chi connectivity index (χ2v) is 3.76. The van der Waals surface area contributed by atoms with Crippen LogP contribution in [0.1, 0.15) is 10.5 Å². The van der Waals surface area contributed by atoms with Crippen molar-refractivity contribution in [2.24, 2.45) is 0 Å². The van der Waals surface area contributed by atoms with E-state index in [1.54, 1.807) is 10.6 Å². The summed E-state index contributed by atoms with van der Waals surface area (Å²) < 4.78 is 6.69. The molecular formula is C8H5BrClN3O2. The summed E-state index contributed by atoms with van der Waals surface area (Å²) in [6.45, 7) is 0. The molecule has 0 aliphatic rings. The molecule has 2 aromatic heterocycles. The summed E-state index contributed by atoms with van der Waals surface area (Å²) in [5.74, 6) is -0.526. The third-order valence-corrected chi connectivity index (χ3v) is 2.84. The van der Waals surface area contributed by atoms with E-state index >= 15 is 0 Å². The van der Waals surface area contributed by atoms with E-state index in [-0.39, 0.29) is 10.8 Å². The average Bonchev–Trinajstić information content (AvgIpc) is 2.57. The number of aromatic nitrogens is 3. The first-order chi connectivity index (χ1) is 7.15. The molecule has 15 heavy (non-hydrogen) atoms. The molecule has 0 bridgehead atoms. The van der Waals surface area contributed by atoms with Crippen LogP contribution in [-0.4, -0.2) is 27.4 Å². The van der Waals surface area contributed by atoms with Crippen LogP contribution >= 0.6 is 27.5 Å². The molecule has 2 rings (SSSR count). The fourth-order valence-electron chi connectivity index (χ4n) is 1.14. The lowest BCUT2D eigenvalue weighted by Crippen LogP contribution is -2.02. The number of halogens is 2. The van der Waals surface area contributed by atoms with Crippen molar-refractivity contribution in [3.8, 4) is 0 Å². The highest BCUT2D eigenvalue weighted by molar-refractivity contribution is 9.10. The van der Waals surface area contributed by atoms with Crippen molar-refractivity contribution in [3.63, 3.8) is 0 Å². The number of methoxy groups -OCH3 is 1. The van der Waals surface area contributed by atoms with Gasteiger partial charge in [0.25, 0.3) is 0 Å². The number of hydrogen-bond acceptors (Lipinski definition) is 4. The normalized spacial score (nSPS) is 10.6. The van der Waals surface area contributed by atoms with E-state index < -0.39 is 5.97 Å². The lowest BCUT2D eigenvalue weighted by Gasteiger charge is -1.95. The van der Waals surface area contributed by atoms with Crippen LogP contribution < -0.4 is 0 Å². The van der Waals surface area contributed by atoms with Crippen molar-refractivity contribution in [1.29, 1.82) is 0 Å². The van der Waals surface area contributed by atoms with Crippen LogP contribution in [0.5, 0.6) is 0 Å². The summed E-state index contributed by atoms with van der Waals surface area (Å²) in [7, 11) is 1.29. The van der Waals surface area contributed by atoms with Gasteiger partial charge in [-0.1, -0.05) is 11.6 Å². The van der Waals surface area contributed by atoms with Crippen LogP contribution in [0.3, 0.4) is 0 Å². The van der Waals surface area contributed by atoms with Crippen molar-refractivity contribution in [2.75, 3.05) is 7.11 Å². The minimum absolute atomic E-state index is 0.174. The first-order valence-corrected chi connectivity index (χ1v) is 5.08. The number of esters is 1. The summed E-state index contributed by atoms with van der Waals surface area (Å²) in [6, 6.07) is 0. The number of hydrogen-bond donors (Lipinski definition) is 0. The fraction of sp³-hybridized carbons (Fsp3) is 0.125. The lowest BCUT2D eigenvalue weighted by atomic mass is 10.5. The summed E-state index contributed by atoms with van der Waals surface area (Å²) in [6.07, 6.45) is 3.16. The molecule has 0 saturated carbocycles. The molecule has 0 amide bonds. The molecule has 5 nitrogen and oxygen atoms in total. The number of fused-ring (bicyclic) bond motifs is 1. The second-order valence-electron chi connectivity index (χ2n) is 2.65. The van der Waals surface area contributed by atoms with Crippen molar-refractivity contribution < 1.29 is 9.53 Å². The van der Waals surface area contributed by atoms with E-state index in [2.05, 4.69) is 30.6 Å². The van der Waals surface area contributed by atoms with E-state index in [0.29, 0.717) is 10.3 Å². The number of carbonyl (C=O) groups is 1. The quantitative estimate of drug-likeness (QED) is 0.753. The molecule has 0 aliphatic carbocycles. The van der Waals surface area contributed by atoms with Gasteiger partial charge in [0.15, 0.2) is 16.5 Å². The smallest absolute Gasteiger partial charge is 0.359 e. The SMILES string of the molecule is COC(=O)c1nc2c(Cl)nccn2c1Br. The molecule has 0 saturated heterocycles. The van der Waals surface area contributed by atoms with Crippen molar-refractivity contribution in [1.82, 2.24) is 14.4 Å². The van der Waals surface area contributed by atoms with Crippen molar-refractivity contribution in [3.05, 3.63) is 27.8 Å². The Morgan fingerprint density at radius 2 is 2.40 bits per heavy atom. The maximum atomic E-state index is 11.3. The Hall–Kier alpha value is -1.14. The van der Waals surface area contributed by atoms with Gasteiger partial charge in [0.1, 0.15) is 4.60 Å². The molecule has 0 fully saturated rings. The molecule has 0 aromatic carbocycles. The highest BCUT2D eigenvalue weighted by Gasteiger charge is 2.18. The van der Waals surface area contributed by atoms with E-state index in [1.165, 1.54) is 13.3 Å². The maximum Gasteiger partial charge on any atom is 0.359 e. The van der Waals surface area contributed by atoms with Gasteiger partial charge in [-0.05, 0) is 15.9 Å². The standard InChI is InChI=1S/C8H5BrClN3O2/c1-15-8(14)4-5(9)13-3-2-11-6(10)7(13)12-4/h2-3H,1H3. The number of imidazole rings is 1. The third-order valence-electron chi connectivity index (χ3n) is 1.82. The molecule has 0 atom stereocenters. The van der Waals surface area contributed by atoms with Gasteiger partial charge in [-0.15, -0.1) is 0 Å². The lowest BCUT2D eigenvalue weighted by molar-refractivity contribution is 0.0593. The third kappa shape index (κ3) is 1.59. The summed E-state index contributed by atoms with van der Waals surface area (Å²) in [5, 5.41) is 0.230. The Kier molecular flexibility index (Phi) is 2.62. The van der Waals surface area contributed by atoms with Crippen LogP contribution in [0, 0.1) is 0 Å². The number of rotatable bonds is 1. The van der Waals surface area contributed by atoms with Gasteiger partial charge in [0.05, 0.1) is 7.11 Å². The largest absolute Gasteiger partial charge is 0.464 e. The summed E-state index contributed by atoms with van der Waals surface area (Å²) >= 11 is 9.06. The zero-order valence-corrected chi connectivity index (χ0v) is 9.91. The van der Waals surface area contributed by atoms with Crippen LogP contribution in [0.15, 0.2) is 17.0 Å². The topological polar surface area (TPSA) is 56.5 Å². The predicted molar refractivity (Wildman–Crippen MR) is 57.0 cm³/mol. The van der Waals surface area contributed by atoms with Gasteiger partial charge in [-0.25, -0.2) is 14.8 Å². The highest BCUT2D eigenvalue weighted by Crippen LogP contribution is 2.22. The molecule has 0 N–H and O–H groups in total. The first kappa shape index (κ1) is 10.4. The maximum absolute atomic E-state index is 11.3. The monoisotopic (exact) mass is 289 g/mol. The minimum atomic E-state index is -0.526. The Balaban J connectivity index is 2.75. The number of ether oxygens (including phenoxy) is 1. The molecule has 7 heteroatoms. The molecule has 2 aromatic rings. The van der Waals surface area contributed by atoms with E-state index in [0.717, 1.165) is 0 Å².